The first-order valence-corrected chi connectivity index (χ1v) is 6.78. The number of carbonyl (C=O) groups is 2. The molecule has 21 heavy (non-hydrogen) atoms. The Morgan fingerprint density at radius 2 is 2.05 bits per heavy atom. The molecule has 0 aromatic heterocycles. The number of benzene rings is 1. The monoisotopic (exact) mass is 294 g/mol. The van der Waals surface area contributed by atoms with Crippen LogP contribution in [0.3, 0.4) is 0 Å². The van der Waals surface area contributed by atoms with Crippen LogP contribution in [0.25, 0.3) is 0 Å². The van der Waals surface area contributed by atoms with E-state index in [9.17, 15) is 14.0 Å². The van der Waals surface area contributed by atoms with Gasteiger partial charge in [-0.2, -0.15) is 0 Å². The largest absolute Gasteiger partial charge is 0.482 e. The first kappa shape index (κ1) is 13.7. The molecule has 0 aliphatic carbocycles. The number of fused-ring (bicyclic) bond motifs is 1. The summed E-state index contributed by atoms with van der Waals surface area (Å²) in [6.45, 7) is 0.669. The summed E-state index contributed by atoms with van der Waals surface area (Å²) in [5, 5.41) is 8.96. The van der Waals surface area contributed by atoms with Gasteiger partial charge in [0.15, 0.2) is 6.61 Å². The summed E-state index contributed by atoms with van der Waals surface area (Å²) in [6, 6.07) is 3.96. The van der Waals surface area contributed by atoms with Gasteiger partial charge in [-0.05, 0) is 25.0 Å². The van der Waals surface area contributed by atoms with E-state index >= 15 is 0 Å². The van der Waals surface area contributed by atoms with Crippen molar-refractivity contribution in [2.24, 2.45) is 0 Å². The minimum Gasteiger partial charge on any atom is -0.482 e. The number of halogens is 1. The highest BCUT2D eigenvalue weighted by Crippen LogP contribution is 2.36. The molecule has 0 spiro atoms. The Morgan fingerprint density at radius 3 is 2.71 bits per heavy atom. The highest BCUT2D eigenvalue weighted by atomic mass is 19.1. The fraction of sp³-hybridized carbons (Fsp3) is 0.429. The summed E-state index contributed by atoms with van der Waals surface area (Å²) in [5.74, 6) is -0.168. The average Bonchev–Trinajstić information content (AvgIpc) is 2.47. The summed E-state index contributed by atoms with van der Waals surface area (Å²) in [6.07, 6.45) is 0.121. The van der Waals surface area contributed by atoms with Crippen molar-refractivity contribution in [2.75, 3.05) is 24.6 Å². The topological polar surface area (TPSA) is 70.1 Å². The minimum absolute atomic E-state index is 0.0716. The molecule has 112 valence electrons. The van der Waals surface area contributed by atoms with Gasteiger partial charge in [0.1, 0.15) is 11.6 Å². The zero-order valence-electron chi connectivity index (χ0n) is 11.3. The summed E-state index contributed by atoms with van der Waals surface area (Å²) >= 11 is 0. The lowest BCUT2D eigenvalue weighted by molar-refractivity contribution is -0.122. The number of piperidine rings is 1. The van der Waals surface area contributed by atoms with Gasteiger partial charge in [-0.25, -0.2) is 9.18 Å². The van der Waals surface area contributed by atoms with Crippen molar-refractivity contribution >= 4 is 17.7 Å². The third-order valence-electron chi connectivity index (χ3n) is 3.90. The molecule has 1 N–H and O–H groups in total. The second-order valence-corrected chi connectivity index (χ2v) is 5.17. The second-order valence-electron chi connectivity index (χ2n) is 5.17. The first-order valence-electron chi connectivity index (χ1n) is 6.78. The van der Waals surface area contributed by atoms with E-state index in [0.717, 1.165) is 0 Å². The van der Waals surface area contributed by atoms with Crippen molar-refractivity contribution in [3.63, 3.8) is 0 Å². The van der Waals surface area contributed by atoms with Crippen LogP contribution in [0.1, 0.15) is 12.8 Å². The van der Waals surface area contributed by atoms with Crippen LogP contribution in [0, 0.1) is 5.82 Å². The van der Waals surface area contributed by atoms with Crippen molar-refractivity contribution < 1.29 is 23.8 Å². The number of rotatable bonds is 1. The van der Waals surface area contributed by atoms with Crippen molar-refractivity contribution in [1.29, 1.82) is 0 Å². The molecule has 2 aliphatic rings. The summed E-state index contributed by atoms with van der Waals surface area (Å²) in [7, 11) is 0. The lowest BCUT2D eigenvalue weighted by Crippen LogP contribution is -2.51. The predicted molar refractivity (Wildman–Crippen MR) is 72.0 cm³/mol. The molecule has 7 heteroatoms. The number of carbonyl (C=O) groups excluding carboxylic acids is 1. The maximum absolute atomic E-state index is 13.5. The Hall–Kier alpha value is -2.31. The van der Waals surface area contributed by atoms with E-state index in [2.05, 4.69) is 0 Å². The van der Waals surface area contributed by atoms with Crippen LogP contribution in [-0.2, 0) is 4.79 Å². The average molecular weight is 294 g/mol. The quantitative estimate of drug-likeness (QED) is 0.855. The Labute approximate surface area is 120 Å². The molecule has 2 aliphatic heterocycles. The number of carboxylic acid groups (broad SMARTS) is 1. The smallest absolute Gasteiger partial charge is 0.407 e. The van der Waals surface area contributed by atoms with Crippen LogP contribution in [0.4, 0.5) is 14.9 Å². The minimum atomic E-state index is -0.951. The molecule has 1 saturated heterocycles. The molecular weight excluding hydrogens is 279 g/mol. The van der Waals surface area contributed by atoms with Crippen LogP contribution >= 0.6 is 0 Å². The van der Waals surface area contributed by atoms with Gasteiger partial charge in [0.25, 0.3) is 5.91 Å². The molecule has 6 nitrogen and oxygen atoms in total. The molecule has 1 fully saturated rings. The van der Waals surface area contributed by atoms with E-state index in [0.29, 0.717) is 37.4 Å². The molecule has 2 amide bonds. The van der Waals surface area contributed by atoms with Gasteiger partial charge >= 0.3 is 6.09 Å². The molecule has 1 aromatic rings. The van der Waals surface area contributed by atoms with E-state index in [-0.39, 0.29) is 18.6 Å². The molecule has 0 saturated carbocycles. The van der Waals surface area contributed by atoms with E-state index in [4.69, 9.17) is 9.84 Å². The molecule has 3 rings (SSSR count). The maximum Gasteiger partial charge on any atom is 0.407 e. The van der Waals surface area contributed by atoms with Gasteiger partial charge in [-0.3, -0.25) is 4.79 Å². The lowest BCUT2D eigenvalue weighted by atomic mass is 10.0. The van der Waals surface area contributed by atoms with Crippen LogP contribution < -0.4 is 9.64 Å². The SMILES string of the molecule is O=C(O)N1CCC(N2C(=O)COc3ccc(F)cc32)CC1. The molecule has 0 unspecified atom stereocenters. The number of amides is 2. The van der Waals surface area contributed by atoms with E-state index in [1.165, 1.54) is 23.1 Å². The normalized spacial score (nSPS) is 19.2. The number of nitrogens with zero attached hydrogens (tertiary/aromatic N) is 2. The standard InChI is InChI=1S/C14H15FN2O4/c15-9-1-2-12-11(7-9)17(13(18)8-21-12)10-3-5-16(6-4-10)14(19)20/h1-2,7,10H,3-6,8H2,(H,19,20). The zero-order chi connectivity index (χ0) is 15.0. The van der Waals surface area contributed by atoms with Crippen molar-refractivity contribution in [2.45, 2.75) is 18.9 Å². The van der Waals surface area contributed by atoms with Gasteiger partial charge in [0, 0.05) is 25.2 Å². The van der Waals surface area contributed by atoms with E-state index < -0.39 is 11.9 Å². The van der Waals surface area contributed by atoms with Crippen LogP contribution in [0.15, 0.2) is 18.2 Å². The molecule has 0 atom stereocenters. The van der Waals surface area contributed by atoms with Crippen molar-refractivity contribution in [3.05, 3.63) is 24.0 Å². The second kappa shape index (κ2) is 5.23. The van der Waals surface area contributed by atoms with Crippen molar-refractivity contribution in [1.82, 2.24) is 4.90 Å². The van der Waals surface area contributed by atoms with E-state index in [1.807, 2.05) is 0 Å². The van der Waals surface area contributed by atoms with Gasteiger partial charge in [-0.15, -0.1) is 0 Å². The first-order chi connectivity index (χ1) is 10.1. The van der Waals surface area contributed by atoms with Crippen LogP contribution in [-0.4, -0.2) is 47.7 Å². The summed E-state index contributed by atoms with van der Waals surface area (Å²) in [4.78, 5) is 25.9. The fourth-order valence-electron chi connectivity index (χ4n) is 2.86. The molecule has 0 radical (unpaired) electrons. The lowest BCUT2D eigenvalue weighted by Gasteiger charge is -2.39. The van der Waals surface area contributed by atoms with Gasteiger partial charge in [0.05, 0.1) is 5.69 Å². The predicted octanol–water partition coefficient (Wildman–Crippen LogP) is 1.69. The maximum atomic E-state index is 13.5. The molecule has 1 aromatic carbocycles. The molecule has 0 bridgehead atoms. The highest BCUT2D eigenvalue weighted by Gasteiger charge is 2.34. The highest BCUT2D eigenvalue weighted by molar-refractivity contribution is 5.98. The van der Waals surface area contributed by atoms with Gasteiger partial charge < -0.3 is 19.6 Å². The van der Waals surface area contributed by atoms with Gasteiger partial charge in [0.2, 0.25) is 0 Å². The molecular formula is C14H15FN2O4. The van der Waals surface area contributed by atoms with E-state index in [1.54, 1.807) is 4.90 Å². The number of anilines is 1. The molecule has 2 heterocycles. The fourth-order valence-corrected chi connectivity index (χ4v) is 2.86. The Kier molecular flexibility index (Phi) is 3.40. The Bertz CT molecular complexity index is 584. The Balaban J connectivity index is 1.84. The van der Waals surface area contributed by atoms with Crippen LogP contribution in [0.5, 0.6) is 5.75 Å². The number of likely N-dealkylation sites (tertiary alicyclic amines) is 1. The van der Waals surface area contributed by atoms with Crippen LogP contribution in [0.2, 0.25) is 0 Å². The van der Waals surface area contributed by atoms with Crippen molar-refractivity contribution in [3.8, 4) is 5.75 Å². The number of ether oxygens (including phenoxy) is 1. The zero-order valence-corrected chi connectivity index (χ0v) is 11.3. The Morgan fingerprint density at radius 1 is 1.33 bits per heavy atom. The summed E-state index contributed by atoms with van der Waals surface area (Å²) < 4.78 is 18.8. The third kappa shape index (κ3) is 2.51. The third-order valence-corrected chi connectivity index (χ3v) is 3.90. The number of hydrogen-bond donors (Lipinski definition) is 1. The van der Waals surface area contributed by atoms with Gasteiger partial charge in [-0.1, -0.05) is 0 Å². The number of hydrogen-bond acceptors (Lipinski definition) is 3. The summed E-state index contributed by atoms with van der Waals surface area (Å²) in [5.41, 5.74) is 0.431.